The quantitative estimate of drug-likeness (QED) is 0.372. The molecule has 23 heavy (non-hydrogen) atoms. The van der Waals surface area contributed by atoms with E-state index in [4.69, 9.17) is 0 Å². The number of nitro benzene ring substituents is 1. The summed E-state index contributed by atoms with van der Waals surface area (Å²) in [5.41, 5.74) is -0.528. The SMILES string of the molecule is COC(=O)c1cc([N+](=O)[O-])ccc1C(O)C(O)CCNC(C)=O. The van der Waals surface area contributed by atoms with Crippen LogP contribution in [-0.4, -0.2) is 46.8 Å². The molecule has 0 fully saturated rings. The standard InChI is InChI=1S/C14H18N2O7/c1-8(17)15-6-5-12(18)13(19)10-4-3-9(16(21)22)7-11(10)14(20)23-2/h3-4,7,12-13,18-19H,5-6H2,1-2H3,(H,15,17). The highest BCUT2D eigenvalue weighted by Crippen LogP contribution is 2.27. The normalized spacial score (nSPS) is 13.0. The summed E-state index contributed by atoms with van der Waals surface area (Å²) in [5, 5.41) is 33.4. The second-order valence-electron chi connectivity index (χ2n) is 4.80. The average Bonchev–Trinajstić information content (AvgIpc) is 2.52. The van der Waals surface area contributed by atoms with E-state index in [0.717, 1.165) is 19.2 Å². The zero-order valence-electron chi connectivity index (χ0n) is 12.7. The predicted molar refractivity (Wildman–Crippen MR) is 78.7 cm³/mol. The Hall–Kier alpha value is -2.52. The van der Waals surface area contributed by atoms with E-state index in [1.165, 1.54) is 13.0 Å². The highest BCUT2D eigenvalue weighted by atomic mass is 16.6. The van der Waals surface area contributed by atoms with Crippen LogP contribution in [0.15, 0.2) is 18.2 Å². The summed E-state index contributed by atoms with van der Waals surface area (Å²) in [6.07, 6.45) is -2.69. The van der Waals surface area contributed by atoms with E-state index < -0.39 is 23.1 Å². The van der Waals surface area contributed by atoms with Gasteiger partial charge in [-0.2, -0.15) is 0 Å². The van der Waals surface area contributed by atoms with Gasteiger partial charge in [-0.1, -0.05) is 0 Å². The van der Waals surface area contributed by atoms with Gasteiger partial charge in [0.2, 0.25) is 5.91 Å². The fourth-order valence-electron chi connectivity index (χ4n) is 1.96. The van der Waals surface area contributed by atoms with Crippen molar-refractivity contribution in [2.24, 2.45) is 0 Å². The first-order valence-electron chi connectivity index (χ1n) is 6.75. The molecule has 1 rings (SSSR count). The van der Waals surface area contributed by atoms with Gasteiger partial charge < -0.3 is 20.3 Å². The van der Waals surface area contributed by atoms with Gasteiger partial charge in [0.25, 0.3) is 5.69 Å². The van der Waals surface area contributed by atoms with E-state index in [2.05, 4.69) is 10.1 Å². The fourth-order valence-corrected chi connectivity index (χ4v) is 1.96. The van der Waals surface area contributed by atoms with Crippen LogP contribution in [0.3, 0.4) is 0 Å². The number of hydrogen-bond acceptors (Lipinski definition) is 7. The molecule has 1 aromatic carbocycles. The second kappa shape index (κ2) is 8.20. The van der Waals surface area contributed by atoms with Crippen molar-refractivity contribution in [2.45, 2.75) is 25.6 Å². The summed E-state index contributed by atoms with van der Waals surface area (Å²) in [5.74, 6) is -1.14. The first-order chi connectivity index (χ1) is 10.8. The summed E-state index contributed by atoms with van der Waals surface area (Å²) < 4.78 is 4.54. The number of nitrogens with zero attached hydrogens (tertiary/aromatic N) is 1. The lowest BCUT2D eigenvalue weighted by molar-refractivity contribution is -0.384. The number of nitro groups is 1. The average molecular weight is 326 g/mol. The van der Waals surface area contributed by atoms with Crippen LogP contribution in [0.1, 0.15) is 35.4 Å². The third-order valence-electron chi connectivity index (χ3n) is 3.15. The van der Waals surface area contributed by atoms with Gasteiger partial charge in [0.1, 0.15) is 6.10 Å². The maximum atomic E-state index is 11.7. The Morgan fingerprint density at radius 1 is 1.39 bits per heavy atom. The van der Waals surface area contributed by atoms with Crippen molar-refractivity contribution in [3.05, 3.63) is 39.4 Å². The van der Waals surface area contributed by atoms with Crippen LogP contribution in [-0.2, 0) is 9.53 Å². The summed E-state index contributed by atoms with van der Waals surface area (Å²) in [7, 11) is 1.10. The third-order valence-corrected chi connectivity index (χ3v) is 3.15. The molecule has 0 aromatic heterocycles. The monoisotopic (exact) mass is 326 g/mol. The number of benzene rings is 1. The van der Waals surface area contributed by atoms with Gasteiger partial charge in [-0.25, -0.2) is 4.79 Å². The maximum Gasteiger partial charge on any atom is 0.338 e. The maximum absolute atomic E-state index is 11.7. The van der Waals surface area contributed by atoms with Gasteiger partial charge >= 0.3 is 5.97 Å². The molecule has 3 N–H and O–H groups in total. The van der Waals surface area contributed by atoms with Crippen molar-refractivity contribution in [1.82, 2.24) is 5.32 Å². The number of nitrogens with one attached hydrogen (secondary N) is 1. The molecule has 0 saturated heterocycles. The third kappa shape index (κ3) is 5.01. The van der Waals surface area contributed by atoms with Crippen molar-refractivity contribution in [2.75, 3.05) is 13.7 Å². The van der Waals surface area contributed by atoms with Crippen molar-refractivity contribution in [1.29, 1.82) is 0 Å². The first-order valence-corrected chi connectivity index (χ1v) is 6.75. The summed E-state index contributed by atoms with van der Waals surface area (Å²) in [6.45, 7) is 1.45. The molecule has 1 amide bonds. The van der Waals surface area contributed by atoms with E-state index in [1.807, 2.05) is 0 Å². The van der Waals surface area contributed by atoms with Crippen LogP contribution in [0.2, 0.25) is 0 Å². The molecule has 9 nitrogen and oxygen atoms in total. The van der Waals surface area contributed by atoms with Crippen LogP contribution in [0.4, 0.5) is 5.69 Å². The van der Waals surface area contributed by atoms with Gasteiger partial charge in [0.05, 0.1) is 23.7 Å². The Morgan fingerprint density at radius 2 is 2.04 bits per heavy atom. The van der Waals surface area contributed by atoms with Crippen LogP contribution < -0.4 is 5.32 Å². The van der Waals surface area contributed by atoms with Gasteiger partial charge in [-0.3, -0.25) is 14.9 Å². The number of carbonyl (C=O) groups is 2. The molecule has 1 aromatic rings. The number of carbonyl (C=O) groups excluding carboxylic acids is 2. The number of amides is 1. The molecule has 0 aliphatic carbocycles. The van der Waals surface area contributed by atoms with Gasteiger partial charge in [0.15, 0.2) is 0 Å². The zero-order valence-corrected chi connectivity index (χ0v) is 12.7. The summed E-state index contributed by atoms with van der Waals surface area (Å²) in [4.78, 5) is 32.6. The second-order valence-corrected chi connectivity index (χ2v) is 4.80. The molecule has 0 saturated carbocycles. The highest BCUT2D eigenvalue weighted by molar-refractivity contribution is 5.92. The number of esters is 1. The van der Waals surface area contributed by atoms with E-state index in [9.17, 15) is 29.9 Å². The highest BCUT2D eigenvalue weighted by Gasteiger charge is 2.26. The van der Waals surface area contributed by atoms with Crippen molar-refractivity contribution in [3.63, 3.8) is 0 Å². The minimum atomic E-state index is -1.46. The molecule has 0 aliphatic heterocycles. The smallest absolute Gasteiger partial charge is 0.338 e. The van der Waals surface area contributed by atoms with Gasteiger partial charge in [0, 0.05) is 25.6 Å². The lowest BCUT2D eigenvalue weighted by atomic mass is 9.96. The Bertz CT molecular complexity index is 603. The Morgan fingerprint density at radius 3 is 2.57 bits per heavy atom. The van der Waals surface area contributed by atoms with Crippen molar-refractivity contribution >= 4 is 17.6 Å². The Labute approximate surface area is 132 Å². The predicted octanol–water partition coefficient (Wildman–Crippen LogP) is 0.302. The molecule has 0 radical (unpaired) electrons. The van der Waals surface area contributed by atoms with Crippen LogP contribution in [0, 0.1) is 10.1 Å². The van der Waals surface area contributed by atoms with E-state index in [0.29, 0.717) is 0 Å². The van der Waals surface area contributed by atoms with Crippen LogP contribution in [0.25, 0.3) is 0 Å². The number of rotatable bonds is 7. The van der Waals surface area contributed by atoms with E-state index >= 15 is 0 Å². The summed E-state index contributed by atoms with van der Waals surface area (Å²) >= 11 is 0. The van der Waals surface area contributed by atoms with Gasteiger partial charge in [-0.05, 0) is 18.1 Å². The lowest BCUT2D eigenvalue weighted by Crippen LogP contribution is -2.28. The summed E-state index contributed by atoms with van der Waals surface area (Å²) in [6, 6.07) is 3.28. The van der Waals surface area contributed by atoms with Crippen LogP contribution >= 0.6 is 0 Å². The molecule has 0 aliphatic rings. The largest absolute Gasteiger partial charge is 0.465 e. The molecule has 2 atom stereocenters. The Balaban J connectivity index is 3.02. The van der Waals surface area contributed by atoms with Crippen LogP contribution in [0.5, 0.6) is 0 Å². The first kappa shape index (κ1) is 18.5. The molecular weight excluding hydrogens is 308 g/mol. The number of hydrogen-bond donors (Lipinski definition) is 3. The van der Waals surface area contributed by atoms with E-state index in [-0.39, 0.29) is 35.7 Å². The van der Waals surface area contributed by atoms with Crippen molar-refractivity contribution in [3.8, 4) is 0 Å². The lowest BCUT2D eigenvalue weighted by Gasteiger charge is -2.20. The molecule has 126 valence electrons. The number of methoxy groups -OCH3 is 1. The molecule has 0 spiro atoms. The topological polar surface area (TPSA) is 139 Å². The minimum absolute atomic E-state index is 0.0118. The number of non-ortho nitro benzene ring substituents is 1. The zero-order chi connectivity index (χ0) is 17.6. The van der Waals surface area contributed by atoms with Gasteiger partial charge in [-0.15, -0.1) is 0 Å². The van der Waals surface area contributed by atoms with E-state index in [1.54, 1.807) is 0 Å². The number of ether oxygens (including phenoxy) is 1. The molecule has 2 unspecified atom stereocenters. The molecule has 0 heterocycles. The fraction of sp³-hybridized carbons (Fsp3) is 0.429. The molecule has 9 heteroatoms. The molecular formula is C14H18N2O7. The number of aliphatic hydroxyl groups is 2. The Kier molecular flexibility index (Phi) is 6.61. The van der Waals surface area contributed by atoms with Crippen molar-refractivity contribution < 1.29 is 29.5 Å². The molecule has 0 bridgehead atoms. The number of aliphatic hydroxyl groups excluding tert-OH is 2. The minimum Gasteiger partial charge on any atom is -0.465 e.